The third-order valence-corrected chi connectivity index (χ3v) is 4.19. The van der Waals surface area contributed by atoms with E-state index >= 15 is 0 Å². The quantitative estimate of drug-likeness (QED) is 0.761. The number of rotatable bonds is 2. The van der Waals surface area contributed by atoms with Crippen LogP contribution in [-0.4, -0.2) is 61.7 Å². The number of piperidine rings is 1. The van der Waals surface area contributed by atoms with Gasteiger partial charge in [-0.3, -0.25) is 0 Å². The molecule has 2 aliphatic rings. The summed E-state index contributed by atoms with van der Waals surface area (Å²) < 4.78 is 0. The molecule has 0 spiro atoms. The Bertz CT molecular complexity index is 207. The zero-order valence-electron chi connectivity index (χ0n) is 10.9. The van der Waals surface area contributed by atoms with Gasteiger partial charge in [0, 0.05) is 31.7 Å². The molecule has 0 bridgehead atoms. The lowest BCUT2D eigenvalue weighted by molar-refractivity contribution is 0.131. The fraction of sp³-hybridized carbons (Fsp3) is 1.00. The van der Waals surface area contributed by atoms with Crippen LogP contribution in [0.2, 0.25) is 0 Å². The molecule has 3 heteroatoms. The van der Waals surface area contributed by atoms with Gasteiger partial charge in [-0.25, -0.2) is 0 Å². The minimum Gasteiger partial charge on any atom is -0.313 e. The Morgan fingerprint density at radius 1 is 1.12 bits per heavy atom. The summed E-state index contributed by atoms with van der Waals surface area (Å²) in [6.45, 7) is 8.55. The molecule has 16 heavy (non-hydrogen) atoms. The van der Waals surface area contributed by atoms with Crippen molar-refractivity contribution in [2.75, 3.05) is 39.8 Å². The Labute approximate surface area is 100 Å². The lowest BCUT2D eigenvalue weighted by Crippen LogP contribution is -2.45. The summed E-state index contributed by atoms with van der Waals surface area (Å²) in [4.78, 5) is 5.22. The van der Waals surface area contributed by atoms with Crippen molar-refractivity contribution in [2.24, 2.45) is 0 Å². The molecule has 1 N–H and O–H groups in total. The number of hydrogen-bond acceptors (Lipinski definition) is 3. The van der Waals surface area contributed by atoms with Crippen molar-refractivity contribution in [1.29, 1.82) is 0 Å². The Morgan fingerprint density at radius 3 is 2.81 bits per heavy atom. The molecule has 0 amide bonds. The fourth-order valence-electron chi connectivity index (χ4n) is 2.91. The molecule has 2 unspecified atom stereocenters. The van der Waals surface area contributed by atoms with Crippen molar-refractivity contribution in [1.82, 2.24) is 15.1 Å². The molecule has 0 radical (unpaired) electrons. The van der Waals surface area contributed by atoms with Gasteiger partial charge in [-0.15, -0.1) is 0 Å². The summed E-state index contributed by atoms with van der Waals surface area (Å²) in [6, 6.07) is 1.51. The molecule has 0 aromatic carbocycles. The molecular weight excluding hydrogens is 198 g/mol. The second-order valence-corrected chi connectivity index (χ2v) is 5.57. The average Bonchev–Trinajstić information content (AvgIpc) is 2.47. The summed E-state index contributed by atoms with van der Waals surface area (Å²) in [5.74, 6) is 0. The van der Waals surface area contributed by atoms with Crippen LogP contribution >= 0.6 is 0 Å². The molecule has 0 aromatic rings. The molecule has 2 aliphatic heterocycles. The highest BCUT2D eigenvalue weighted by atomic mass is 15.2. The molecule has 2 fully saturated rings. The zero-order chi connectivity index (χ0) is 11.4. The Morgan fingerprint density at radius 2 is 2.00 bits per heavy atom. The molecule has 2 rings (SSSR count). The summed E-state index contributed by atoms with van der Waals surface area (Å²) >= 11 is 0. The monoisotopic (exact) mass is 225 g/mol. The molecule has 3 nitrogen and oxygen atoms in total. The third-order valence-electron chi connectivity index (χ3n) is 4.19. The summed E-state index contributed by atoms with van der Waals surface area (Å²) in [6.07, 6.45) is 5.52. The van der Waals surface area contributed by atoms with E-state index in [9.17, 15) is 0 Å². The van der Waals surface area contributed by atoms with E-state index in [2.05, 4.69) is 29.1 Å². The van der Waals surface area contributed by atoms with Gasteiger partial charge in [0.25, 0.3) is 0 Å². The molecular formula is C13H27N3. The van der Waals surface area contributed by atoms with Crippen molar-refractivity contribution in [3.63, 3.8) is 0 Å². The van der Waals surface area contributed by atoms with Crippen LogP contribution in [0.5, 0.6) is 0 Å². The van der Waals surface area contributed by atoms with Gasteiger partial charge in [-0.2, -0.15) is 0 Å². The van der Waals surface area contributed by atoms with Gasteiger partial charge in [0.05, 0.1) is 0 Å². The van der Waals surface area contributed by atoms with Crippen molar-refractivity contribution < 1.29 is 0 Å². The van der Waals surface area contributed by atoms with Crippen molar-refractivity contribution in [3.8, 4) is 0 Å². The second kappa shape index (κ2) is 5.99. The molecule has 2 heterocycles. The second-order valence-electron chi connectivity index (χ2n) is 5.57. The van der Waals surface area contributed by atoms with Crippen LogP contribution in [0.15, 0.2) is 0 Å². The predicted molar refractivity (Wildman–Crippen MR) is 68.8 cm³/mol. The zero-order valence-corrected chi connectivity index (χ0v) is 10.9. The predicted octanol–water partition coefficient (Wildman–Crippen LogP) is 1.15. The van der Waals surface area contributed by atoms with Crippen LogP contribution in [0.3, 0.4) is 0 Å². The SMILES string of the molecule is CC1CCN(CC2CCCCN2C)CCN1. The van der Waals surface area contributed by atoms with Gasteiger partial charge >= 0.3 is 0 Å². The van der Waals surface area contributed by atoms with Gasteiger partial charge in [-0.1, -0.05) is 6.42 Å². The van der Waals surface area contributed by atoms with Crippen LogP contribution < -0.4 is 5.32 Å². The normalized spacial score (nSPS) is 34.9. The summed E-state index contributed by atoms with van der Waals surface area (Å²) in [5, 5.41) is 3.57. The first-order chi connectivity index (χ1) is 7.75. The van der Waals surface area contributed by atoms with Crippen molar-refractivity contribution in [2.45, 2.75) is 44.7 Å². The van der Waals surface area contributed by atoms with E-state index < -0.39 is 0 Å². The number of nitrogens with zero attached hydrogens (tertiary/aromatic N) is 2. The summed E-state index contributed by atoms with van der Waals surface area (Å²) in [7, 11) is 2.29. The molecule has 2 atom stereocenters. The highest BCUT2D eigenvalue weighted by molar-refractivity contribution is 4.80. The fourth-order valence-corrected chi connectivity index (χ4v) is 2.91. The lowest BCUT2D eigenvalue weighted by Gasteiger charge is -2.36. The number of hydrogen-bond donors (Lipinski definition) is 1. The summed E-state index contributed by atoms with van der Waals surface area (Å²) in [5.41, 5.74) is 0. The van der Waals surface area contributed by atoms with E-state index in [-0.39, 0.29) is 0 Å². The highest BCUT2D eigenvalue weighted by Gasteiger charge is 2.22. The van der Waals surface area contributed by atoms with Crippen molar-refractivity contribution in [3.05, 3.63) is 0 Å². The van der Waals surface area contributed by atoms with E-state index in [0.717, 1.165) is 12.6 Å². The van der Waals surface area contributed by atoms with Crippen LogP contribution in [-0.2, 0) is 0 Å². The largest absolute Gasteiger partial charge is 0.313 e. The molecule has 0 aromatic heterocycles. The first-order valence-electron chi connectivity index (χ1n) is 6.91. The van der Waals surface area contributed by atoms with Crippen LogP contribution in [0.25, 0.3) is 0 Å². The minimum atomic E-state index is 0.703. The molecule has 0 aliphatic carbocycles. The minimum absolute atomic E-state index is 0.703. The van der Waals surface area contributed by atoms with Crippen LogP contribution in [0.1, 0.15) is 32.6 Å². The van der Waals surface area contributed by atoms with Gasteiger partial charge in [0.2, 0.25) is 0 Å². The topological polar surface area (TPSA) is 18.5 Å². The lowest BCUT2D eigenvalue weighted by atomic mass is 10.0. The van der Waals surface area contributed by atoms with E-state index in [1.807, 2.05) is 0 Å². The van der Waals surface area contributed by atoms with E-state index in [0.29, 0.717) is 6.04 Å². The maximum Gasteiger partial charge on any atom is 0.0220 e. The number of nitrogens with one attached hydrogen (secondary N) is 1. The Balaban J connectivity index is 1.79. The van der Waals surface area contributed by atoms with E-state index in [4.69, 9.17) is 0 Å². The maximum atomic E-state index is 3.57. The van der Waals surface area contributed by atoms with Crippen molar-refractivity contribution >= 4 is 0 Å². The molecule has 0 saturated carbocycles. The van der Waals surface area contributed by atoms with Gasteiger partial charge in [0.15, 0.2) is 0 Å². The molecule has 2 saturated heterocycles. The molecule has 94 valence electrons. The smallest absolute Gasteiger partial charge is 0.0220 e. The first kappa shape index (κ1) is 12.3. The third kappa shape index (κ3) is 3.44. The number of likely N-dealkylation sites (tertiary alicyclic amines) is 1. The van der Waals surface area contributed by atoms with Gasteiger partial charge < -0.3 is 15.1 Å². The van der Waals surface area contributed by atoms with E-state index in [1.165, 1.54) is 51.9 Å². The average molecular weight is 225 g/mol. The Kier molecular flexibility index (Phi) is 4.62. The van der Waals surface area contributed by atoms with Gasteiger partial charge in [0.1, 0.15) is 0 Å². The Hall–Kier alpha value is -0.120. The van der Waals surface area contributed by atoms with Gasteiger partial charge in [-0.05, 0) is 46.3 Å². The van der Waals surface area contributed by atoms with Crippen LogP contribution in [0, 0.1) is 0 Å². The first-order valence-corrected chi connectivity index (χ1v) is 6.91. The maximum absolute atomic E-state index is 3.57. The van der Waals surface area contributed by atoms with Crippen LogP contribution in [0.4, 0.5) is 0 Å². The number of likely N-dealkylation sites (N-methyl/N-ethyl adjacent to an activating group) is 1. The highest BCUT2D eigenvalue weighted by Crippen LogP contribution is 2.16. The standard InChI is InChI=1S/C13H27N3/c1-12-6-9-16(10-7-14-12)11-13-5-3-4-8-15(13)2/h12-14H,3-11H2,1-2H3. The van der Waals surface area contributed by atoms with E-state index in [1.54, 1.807) is 0 Å².